The Morgan fingerprint density at radius 1 is 1.62 bits per heavy atom. The normalized spacial score (nSPS) is 21.3. The molecule has 0 spiro atoms. The zero-order valence-electron chi connectivity index (χ0n) is 8.63. The van der Waals surface area contributed by atoms with Gasteiger partial charge < -0.3 is 0 Å². The third-order valence-corrected chi connectivity index (χ3v) is 2.49. The topological polar surface area (TPSA) is 0 Å². The van der Waals surface area contributed by atoms with Crippen LogP contribution in [0.15, 0.2) is 36.5 Å². The average molecular weight is 176 g/mol. The lowest BCUT2D eigenvalue weighted by molar-refractivity contribution is 0.693. The van der Waals surface area contributed by atoms with E-state index < -0.39 is 0 Å². The van der Waals surface area contributed by atoms with Crippen LogP contribution in [0, 0.1) is 5.92 Å². The quantitative estimate of drug-likeness (QED) is 0.549. The third kappa shape index (κ3) is 3.63. The molecule has 0 amide bonds. The first kappa shape index (κ1) is 10.3. The Labute approximate surface area is 82.0 Å². The Morgan fingerprint density at radius 2 is 2.46 bits per heavy atom. The lowest BCUT2D eigenvalue weighted by Crippen LogP contribution is -1.98. The fourth-order valence-electron chi connectivity index (χ4n) is 1.82. The Kier molecular flexibility index (Phi) is 4.59. The van der Waals surface area contributed by atoms with Gasteiger partial charge in [-0.15, -0.1) is 6.58 Å². The molecule has 1 aliphatic carbocycles. The largest absolute Gasteiger partial charge is 0.103 e. The molecule has 0 bridgehead atoms. The SMILES string of the molecule is C=CCCC1C=CCC(CCC)=C1. The van der Waals surface area contributed by atoms with Crippen LogP contribution >= 0.6 is 0 Å². The van der Waals surface area contributed by atoms with E-state index in [0.717, 1.165) is 6.42 Å². The van der Waals surface area contributed by atoms with Crippen LogP contribution in [0.3, 0.4) is 0 Å². The zero-order chi connectivity index (χ0) is 9.52. The van der Waals surface area contributed by atoms with E-state index >= 15 is 0 Å². The van der Waals surface area contributed by atoms with Crippen molar-refractivity contribution >= 4 is 0 Å². The number of rotatable bonds is 5. The highest BCUT2D eigenvalue weighted by atomic mass is 14.1. The fraction of sp³-hybridized carbons (Fsp3) is 0.538. The molecule has 0 heterocycles. The first-order chi connectivity index (χ1) is 6.36. The Bertz CT molecular complexity index is 208. The van der Waals surface area contributed by atoms with Gasteiger partial charge >= 0.3 is 0 Å². The minimum absolute atomic E-state index is 0.674. The lowest BCUT2D eigenvalue weighted by Gasteiger charge is -2.14. The van der Waals surface area contributed by atoms with E-state index in [-0.39, 0.29) is 0 Å². The summed E-state index contributed by atoms with van der Waals surface area (Å²) in [6, 6.07) is 0. The van der Waals surface area contributed by atoms with E-state index in [1.54, 1.807) is 5.57 Å². The molecule has 0 aromatic rings. The van der Waals surface area contributed by atoms with Crippen LogP contribution in [-0.4, -0.2) is 0 Å². The zero-order valence-corrected chi connectivity index (χ0v) is 8.63. The molecular formula is C13H20. The summed E-state index contributed by atoms with van der Waals surface area (Å²) in [7, 11) is 0. The highest BCUT2D eigenvalue weighted by molar-refractivity contribution is 5.18. The van der Waals surface area contributed by atoms with Gasteiger partial charge in [-0.25, -0.2) is 0 Å². The maximum Gasteiger partial charge on any atom is -0.00477 e. The molecular weight excluding hydrogens is 156 g/mol. The molecule has 0 fully saturated rings. The number of hydrogen-bond donors (Lipinski definition) is 0. The Morgan fingerprint density at radius 3 is 3.15 bits per heavy atom. The molecule has 1 rings (SSSR count). The maximum atomic E-state index is 3.76. The first-order valence-electron chi connectivity index (χ1n) is 5.34. The van der Waals surface area contributed by atoms with E-state index in [1.807, 2.05) is 6.08 Å². The second-order valence-electron chi connectivity index (χ2n) is 3.74. The molecule has 72 valence electrons. The second-order valence-corrected chi connectivity index (χ2v) is 3.74. The van der Waals surface area contributed by atoms with Crippen molar-refractivity contribution in [3.05, 3.63) is 36.5 Å². The Hall–Kier alpha value is -0.780. The predicted octanol–water partition coefficient (Wildman–Crippen LogP) is 4.26. The number of allylic oxidation sites excluding steroid dienone is 5. The van der Waals surface area contributed by atoms with Gasteiger partial charge in [-0.1, -0.05) is 43.2 Å². The van der Waals surface area contributed by atoms with Crippen molar-refractivity contribution in [2.75, 3.05) is 0 Å². The standard InChI is InChI=1S/C13H20/c1-3-5-8-13-10-6-9-12(11-13)7-4-2/h3,6,10-11,13H,1,4-5,7-9H2,2H3. The van der Waals surface area contributed by atoms with Gasteiger partial charge in [0.25, 0.3) is 0 Å². The molecule has 1 unspecified atom stereocenters. The van der Waals surface area contributed by atoms with E-state index in [0.29, 0.717) is 5.92 Å². The van der Waals surface area contributed by atoms with E-state index in [1.165, 1.54) is 25.7 Å². The van der Waals surface area contributed by atoms with Gasteiger partial charge in [0.15, 0.2) is 0 Å². The van der Waals surface area contributed by atoms with Gasteiger partial charge in [-0.3, -0.25) is 0 Å². The van der Waals surface area contributed by atoms with Gasteiger partial charge in [-0.05, 0) is 31.6 Å². The van der Waals surface area contributed by atoms with Crippen LogP contribution in [0.4, 0.5) is 0 Å². The third-order valence-electron chi connectivity index (χ3n) is 2.49. The predicted molar refractivity (Wildman–Crippen MR) is 59.7 cm³/mol. The van der Waals surface area contributed by atoms with Crippen molar-refractivity contribution in [2.45, 2.75) is 39.0 Å². The van der Waals surface area contributed by atoms with Crippen molar-refractivity contribution in [3.63, 3.8) is 0 Å². The van der Waals surface area contributed by atoms with Crippen molar-refractivity contribution in [3.8, 4) is 0 Å². The van der Waals surface area contributed by atoms with Crippen LogP contribution in [0.2, 0.25) is 0 Å². The molecule has 0 aromatic heterocycles. The molecule has 0 nitrogen and oxygen atoms in total. The fourth-order valence-corrected chi connectivity index (χ4v) is 1.82. The minimum atomic E-state index is 0.674. The molecule has 0 saturated carbocycles. The van der Waals surface area contributed by atoms with Crippen molar-refractivity contribution in [2.24, 2.45) is 5.92 Å². The van der Waals surface area contributed by atoms with Gasteiger partial charge in [0.1, 0.15) is 0 Å². The van der Waals surface area contributed by atoms with E-state index in [2.05, 4.69) is 31.7 Å². The average Bonchev–Trinajstić information content (AvgIpc) is 2.16. The molecule has 0 N–H and O–H groups in total. The van der Waals surface area contributed by atoms with Gasteiger partial charge in [0.2, 0.25) is 0 Å². The van der Waals surface area contributed by atoms with Gasteiger partial charge in [-0.2, -0.15) is 0 Å². The van der Waals surface area contributed by atoms with Crippen LogP contribution in [0.1, 0.15) is 39.0 Å². The van der Waals surface area contributed by atoms with Crippen molar-refractivity contribution in [1.82, 2.24) is 0 Å². The van der Waals surface area contributed by atoms with Crippen molar-refractivity contribution < 1.29 is 0 Å². The maximum absolute atomic E-state index is 3.76. The Balaban J connectivity index is 2.41. The molecule has 1 atom stereocenters. The minimum Gasteiger partial charge on any atom is -0.103 e. The van der Waals surface area contributed by atoms with Crippen molar-refractivity contribution in [1.29, 1.82) is 0 Å². The van der Waals surface area contributed by atoms with Gasteiger partial charge in [0.05, 0.1) is 0 Å². The monoisotopic (exact) mass is 176 g/mol. The molecule has 0 saturated heterocycles. The molecule has 0 heteroatoms. The molecule has 1 aliphatic rings. The summed E-state index contributed by atoms with van der Waals surface area (Å²) >= 11 is 0. The summed E-state index contributed by atoms with van der Waals surface area (Å²) in [6.07, 6.45) is 15.2. The lowest BCUT2D eigenvalue weighted by atomic mass is 9.91. The van der Waals surface area contributed by atoms with Crippen LogP contribution in [-0.2, 0) is 0 Å². The van der Waals surface area contributed by atoms with Crippen LogP contribution in [0.5, 0.6) is 0 Å². The summed E-state index contributed by atoms with van der Waals surface area (Å²) in [5.41, 5.74) is 1.62. The molecule has 0 aliphatic heterocycles. The first-order valence-corrected chi connectivity index (χ1v) is 5.34. The smallest absolute Gasteiger partial charge is 0.00477 e. The molecule has 13 heavy (non-hydrogen) atoms. The van der Waals surface area contributed by atoms with Crippen LogP contribution in [0.25, 0.3) is 0 Å². The summed E-state index contributed by atoms with van der Waals surface area (Å²) in [4.78, 5) is 0. The number of hydrogen-bond acceptors (Lipinski definition) is 0. The van der Waals surface area contributed by atoms with E-state index in [4.69, 9.17) is 0 Å². The summed E-state index contributed by atoms with van der Waals surface area (Å²) in [5, 5.41) is 0. The summed E-state index contributed by atoms with van der Waals surface area (Å²) in [6.45, 7) is 6.00. The highest BCUT2D eigenvalue weighted by Gasteiger charge is 2.06. The molecule has 0 aromatic carbocycles. The van der Waals surface area contributed by atoms with E-state index in [9.17, 15) is 0 Å². The van der Waals surface area contributed by atoms with Crippen LogP contribution < -0.4 is 0 Å². The molecule has 0 radical (unpaired) electrons. The summed E-state index contributed by atoms with van der Waals surface area (Å²) in [5.74, 6) is 0.674. The summed E-state index contributed by atoms with van der Waals surface area (Å²) < 4.78 is 0. The second kappa shape index (κ2) is 5.80. The van der Waals surface area contributed by atoms with Gasteiger partial charge in [0, 0.05) is 0 Å². The highest BCUT2D eigenvalue weighted by Crippen LogP contribution is 2.23.